The van der Waals surface area contributed by atoms with Crippen LogP contribution in [-0.4, -0.2) is 31.4 Å². The first kappa shape index (κ1) is 18.3. The van der Waals surface area contributed by atoms with Gasteiger partial charge < -0.3 is 4.90 Å². The molecule has 1 fully saturated rings. The maximum Gasteiger partial charge on any atom is 0.223 e. The molecule has 3 aromatic heterocycles. The van der Waals surface area contributed by atoms with E-state index in [-0.39, 0.29) is 5.91 Å². The third-order valence-corrected chi connectivity index (χ3v) is 6.68. The summed E-state index contributed by atoms with van der Waals surface area (Å²) < 4.78 is 1.93. The molecule has 5 rings (SSSR count). The van der Waals surface area contributed by atoms with Gasteiger partial charge in [0.05, 0.1) is 12.1 Å². The summed E-state index contributed by atoms with van der Waals surface area (Å²) in [6.07, 6.45) is 3.46. The molecule has 6 heteroatoms. The van der Waals surface area contributed by atoms with Crippen LogP contribution in [-0.2, 0) is 17.8 Å². The molecule has 0 spiro atoms. The molecular formula is C23H24N4OS. The Balaban J connectivity index is 1.39. The second-order valence-electron chi connectivity index (χ2n) is 7.85. The third-order valence-electron chi connectivity index (χ3n) is 5.82. The first-order valence-electron chi connectivity index (χ1n) is 10.2. The van der Waals surface area contributed by atoms with Gasteiger partial charge in [-0.1, -0.05) is 18.2 Å². The van der Waals surface area contributed by atoms with Crippen LogP contribution < -0.4 is 0 Å². The summed E-state index contributed by atoms with van der Waals surface area (Å²) in [7, 11) is 0. The Morgan fingerprint density at radius 1 is 1.21 bits per heavy atom. The van der Waals surface area contributed by atoms with Crippen LogP contribution in [0, 0.1) is 13.8 Å². The van der Waals surface area contributed by atoms with E-state index in [2.05, 4.69) is 35.4 Å². The maximum atomic E-state index is 13.0. The molecule has 5 nitrogen and oxygen atoms in total. The van der Waals surface area contributed by atoms with Gasteiger partial charge >= 0.3 is 0 Å². The molecule has 1 saturated carbocycles. The summed E-state index contributed by atoms with van der Waals surface area (Å²) in [6, 6.07) is 12.7. The SMILES string of the molecule is Cc1nc2c3ccccc3nn2c(C)c1CCC(=O)N(Cc1cccs1)C1CC1. The van der Waals surface area contributed by atoms with Crippen molar-refractivity contribution in [1.29, 1.82) is 0 Å². The lowest BCUT2D eigenvalue weighted by Crippen LogP contribution is -2.32. The van der Waals surface area contributed by atoms with Gasteiger partial charge in [-0.25, -0.2) is 9.50 Å². The van der Waals surface area contributed by atoms with E-state index in [4.69, 9.17) is 10.1 Å². The summed E-state index contributed by atoms with van der Waals surface area (Å²) in [6.45, 7) is 4.86. The van der Waals surface area contributed by atoms with E-state index in [1.165, 1.54) is 4.88 Å². The minimum absolute atomic E-state index is 0.241. The topological polar surface area (TPSA) is 50.5 Å². The number of fused-ring (bicyclic) bond motifs is 3. The number of carbonyl (C=O) groups excluding carboxylic acids is 1. The van der Waals surface area contributed by atoms with Crippen LogP contribution in [0.5, 0.6) is 0 Å². The molecule has 0 radical (unpaired) electrons. The molecule has 3 heterocycles. The zero-order valence-electron chi connectivity index (χ0n) is 16.8. The van der Waals surface area contributed by atoms with Gasteiger partial charge in [0.15, 0.2) is 5.65 Å². The average Bonchev–Trinajstić information content (AvgIpc) is 3.29. The number of benzene rings is 1. The van der Waals surface area contributed by atoms with Crippen LogP contribution >= 0.6 is 11.3 Å². The van der Waals surface area contributed by atoms with Crippen molar-refractivity contribution in [2.24, 2.45) is 0 Å². The van der Waals surface area contributed by atoms with E-state index in [1.54, 1.807) is 11.3 Å². The Hall–Kier alpha value is -2.73. The van der Waals surface area contributed by atoms with Gasteiger partial charge in [-0.3, -0.25) is 4.79 Å². The Kier molecular flexibility index (Phi) is 4.59. The van der Waals surface area contributed by atoms with Gasteiger partial charge in [0.2, 0.25) is 5.91 Å². The van der Waals surface area contributed by atoms with Crippen LogP contribution in [0.3, 0.4) is 0 Å². The van der Waals surface area contributed by atoms with Crippen molar-refractivity contribution in [3.05, 3.63) is 63.6 Å². The molecule has 1 amide bonds. The van der Waals surface area contributed by atoms with Crippen molar-refractivity contribution in [3.8, 4) is 0 Å². The monoisotopic (exact) mass is 404 g/mol. The van der Waals surface area contributed by atoms with Gasteiger partial charge in [-0.15, -0.1) is 11.3 Å². The van der Waals surface area contributed by atoms with Crippen LogP contribution in [0.4, 0.5) is 0 Å². The second kappa shape index (κ2) is 7.26. The van der Waals surface area contributed by atoms with Crippen molar-refractivity contribution in [2.45, 2.75) is 52.1 Å². The van der Waals surface area contributed by atoms with Gasteiger partial charge in [0, 0.05) is 34.1 Å². The highest BCUT2D eigenvalue weighted by atomic mass is 32.1. The molecule has 0 N–H and O–H groups in total. The molecule has 0 unspecified atom stereocenters. The van der Waals surface area contributed by atoms with E-state index >= 15 is 0 Å². The number of aromatic nitrogens is 3. The molecule has 0 bridgehead atoms. The number of hydrogen-bond donors (Lipinski definition) is 0. The lowest BCUT2D eigenvalue weighted by atomic mass is 10.1. The number of nitrogens with zero attached hydrogens (tertiary/aromatic N) is 4. The molecule has 4 aromatic rings. The van der Waals surface area contributed by atoms with E-state index in [9.17, 15) is 4.79 Å². The molecule has 1 aromatic carbocycles. The fourth-order valence-electron chi connectivity index (χ4n) is 4.09. The third kappa shape index (κ3) is 3.42. The minimum Gasteiger partial charge on any atom is -0.335 e. The molecule has 0 saturated heterocycles. The Bertz CT molecular complexity index is 1190. The standard InChI is InChI=1S/C23H24N4OS/c1-15-19(16(2)27-23(24-15)20-7-3-4-8-21(20)25-27)11-12-22(28)26(17-9-10-17)14-18-6-5-13-29-18/h3-8,13,17H,9-12,14H2,1-2H3. The summed E-state index contributed by atoms with van der Waals surface area (Å²) in [5.41, 5.74) is 5.04. The molecular weight excluding hydrogens is 380 g/mol. The average molecular weight is 405 g/mol. The van der Waals surface area contributed by atoms with Crippen LogP contribution in [0.25, 0.3) is 16.6 Å². The first-order valence-corrected chi connectivity index (χ1v) is 11.0. The molecule has 1 aliphatic rings. The number of thiophene rings is 1. The Morgan fingerprint density at radius 2 is 2.03 bits per heavy atom. The lowest BCUT2D eigenvalue weighted by Gasteiger charge is -2.22. The van der Waals surface area contributed by atoms with Crippen molar-refractivity contribution in [2.75, 3.05) is 0 Å². The fourth-order valence-corrected chi connectivity index (χ4v) is 4.79. The number of amides is 1. The van der Waals surface area contributed by atoms with Gasteiger partial charge in [-0.05, 0) is 62.3 Å². The maximum absolute atomic E-state index is 13.0. The van der Waals surface area contributed by atoms with E-state index < -0.39 is 0 Å². The van der Waals surface area contributed by atoms with Crippen LogP contribution in [0.2, 0.25) is 0 Å². The normalized spacial score (nSPS) is 14.0. The van der Waals surface area contributed by atoms with E-state index in [0.29, 0.717) is 18.9 Å². The number of rotatable bonds is 6. The fraction of sp³-hybridized carbons (Fsp3) is 0.348. The Morgan fingerprint density at radius 3 is 2.79 bits per heavy atom. The molecule has 0 atom stereocenters. The van der Waals surface area contributed by atoms with Crippen molar-refractivity contribution in [1.82, 2.24) is 19.5 Å². The number of aryl methyl sites for hydroxylation is 2. The molecule has 29 heavy (non-hydrogen) atoms. The summed E-state index contributed by atoms with van der Waals surface area (Å²) >= 11 is 1.72. The highest BCUT2D eigenvalue weighted by Crippen LogP contribution is 2.30. The quantitative estimate of drug-likeness (QED) is 0.469. The zero-order valence-corrected chi connectivity index (χ0v) is 17.6. The Labute approximate surface area is 174 Å². The second-order valence-corrected chi connectivity index (χ2v) is 8.88. The molecule has 148 valence electrons. The largest absolute Gasteiger partial charge is 0.335 e. The first-order chi connectivity index (χ1) is 14.1. The van der Waals surface area contributed by atoms with Crippen molar-refractivity contribution in [3.63, 3.8) is 0 Å². The van der Waals surface area contributed by atoms with Gasteiger partial charge in [0.1, 0.15) is 0 Å². The number of hydrogen-bond acceptors (Lipinski definition) is 4. The summed E-state index contributed by atoms with van der Waals surface area (Å²) in [5.74, 6) is 0.241. The highest BCUT2D eigenvalue weighted by molar-refractivity contribution is 7.09. The van der Waals surface area contributed by atoms with Gasteiger partial charge in [-0.2, -0.15) is 5.10 Å². The van der Waals surface area contributed by atoms with E-state index in [0.717, 1.165) is 52.9 Å². The number of carbonyl (C=O) groups is 1. The minimum atomic E-state index is 0.241. The predicted octanol–water partition coefficient (Wildman–Crippen LogP) is 4.68. The van der Waals surface area contributed by atoms with Crippen LogP contribution in [0.1, 0.15) is 41.1 Å². The summed E-state index contributed by atoms with van der Waals surface area (Å²) in [4.78, 5) is 21.2. The summed E-state index contributed by atoms with van der Waals surface area (Å²) in [5, 5.41) is 7.87. The smallest absolute Gasteiger partial charge is 0.223 e. The van der Waals surface area contributed by atoms with E-state index in [1.807, 2.05) is 29.6 Å². The van der Waals surface area contributed by atoms with Crippen molar-refractivity contribution < 1.29 is 4.79 Å². The molecule has 0 aliphatic heterocycles. The molecule has 1 aliphatic carbocycles. The predicted molar refractivity (Wildman–Crippen MR) is 116 cm³/mol. The van der Waals surface area contributed by atoms with Gasteiger partial charge in [0.25, 0.3) is 0 Å². The van der Waals surface area contributed by atoms with Crippen LogP contribution in [0.15, 0.2) is 41.8 Å². The highest BCUT2D eigenvalue weighted by Gasteiger charge is 2.32. The van der Waals surface area contributed by atoms with Crippen molar-refractivity contribution >= 4 is 33.8 Å². The zero-order chi connectivity index (χ0) is 20.0. The lowest BCUT2D eigenvalue weighted by molar-refractivity contribution is -0.132.